The van der Waals surface area contributed by atoms with Gasteiger partial charge in [-0.3, -0.25) is 4.68 Å². The van der Waals surface area contributed by atoms with Gasteiger partial charge in [-0.25, -0.2) is 4.79 Å². The number of nitrogens with zero attached hydrogens (tertiary/aromatic N) is 3. The van der Waals surface area contributed by atoms with Gasteiger partial charge in [-0.1, -0.05) is 24.3 Å². The van der Waals surface area contributed by atoms with E-state index in [9.17, 15) is 9.90 Å². The van der Waals surface area contributed by atoms with Gasteiger partial charge in [0.2, 0.25) is 0 Å². The van der Waals surface area contributed by atoms with Crippen LogP contribution in [0.3, 0.4) is 0 Å². The molecule has 128 valence electrons. The molecule has 24 heavy (non-hydrogen) atoms. The van der Waals surface area contributed by atoms with Gasteiger partial charge in [0.1, 0.15) is 0 Å². The zero-order valence-electron chi connectivity index (χ0n) is 14.4. The molecule has 0 aliphatic carbocycles. The summed E-state index contributed by atoms with van der Waals surface area (Å²) in [6.07, 6.45) is 2.73. The summed E-state index contributed by atoms with van der Waals surface area (Å²) in [4.78, 5) is 14.5. The van der Waals surface area contributed by atoms with E-state index in [-0.39, 0.29) is 24.7 Å². The fraction of sp³-hybridized carbons (Fsp3) is 0.444. The number of nitrogens with one attached hydrogen (secondary N) is 1. The van der Waals surface area contributed by atoms with Crippen LogP contribution in [0.4, 0.5) is 4.79 Å². The zero-order chi connectivity index (χ0) is 17.3. The Morgan fingerprint density at radius 1 is 1.46 bits per heavy atom. The Morgan fingerprint density at radius 3 is 2.88 bits per heavy atom. The Morgan fingerprint density at radius 2 is 2.21 bits per heavy atom. The molecule has 0 fully saturated rings. The summed E-state index contributed by atoms with van der Waals surface area (Å²) in [5.74, 6) is 0. The number of carbonyl (C=O) groups excluding carboxylic acids is 1. The van der Waals surface area contributed by atoms with Crippen LogP contribution in [0.2, 0.25) is 0 Å². The summed E-state index contributed by atoms with van der Waals surface area (Å²) in [5, 5.41) is 17.2. The standard InChI is InChI=1S/C18H24N4O2/c1-12(16-10-21(3)20-13(16)2)19-18(24)22-9-8-14-6-4-5-7-15(14)17(22)11-23/h4-7,10,12,17,23H,8-9,11H2,1-3H3,(H,19,24)/t12-,17+/m1/s1. The number of rotatable bonds is 3. The Kier molecular flexibility index (Phi) is 4.57. The maximum atomic E-state index is 12.8. The summed E-state index contributed by atoms with van der Waals surface area (Å²) in [6.45, 7) is 4.41. The van der Waals surface area contributed by atoms with Crippen molar-refractivity contribution in [2.75, 3.05) is 13.2 Å². The first-order valence-electron chi connectivity index (χ1n) is 8.27. The fourth-order valence-corrected chi connectivity index (χ4v) is 3.48. The molecule has 2 aromatic rings. The first kappa shape index (κ1) is 16.5. The predicted molar refractivity (Wildman–Crippen MR) is 91.6 cm³/mol. The minimum atomic E-state index is -0.294. The van der Waals surface area contributed by atoms with Crippen LogP contribution in [0.1, 0.15) is 41.4 Å². The van der Waals surface area contributed by atoms with E-state index in [1.807, 2.05) is 45.3 Å². The molecule has 3 rings (SSSR count). The van der Waals surface area contributed by atoms with E-state index in [4.69, 9.17) is 0 Å². The van der Waals surface area contributed by atoms with Crippen molar-refractivity contribution >= 4 is 6.03 Å². The van der Waals surface area contributed by atoms with Crippen molar-refractivity contribution < 1.29 is 9.90 Å². The van der Waals surface area contributed by atoms with Crippen molar-refractivity contribution in [3.05, 3.63) is 52.8 Å². The first-order valence-corrected chi connectivity index (χ1v) is 8.27. The van der Waals surface area contributed by atoms with E-state index in [2.05, 4.69) is 16.5 Å². The minimum Gasteiger partial charge on any atom is -0.394 e. The van der Waals surface area contributed by atoms with Crippen molar-refractivity contribution in [1.29, 1.82) is 0 Å². The fourth-order valence-electron chi connectivity index (χ4n) is 3.48. The summed E-state index contributed by atoms with van der Waals surface area (Å²) < 4.78 is 1.75. The normalized spacial score (nSPS) is 18.2. The van der Waals surface area contributed by atoms with E-state index in [0.29, 0.717) is 6.54 Å². The third-order valence-corrected chi connectivity index (χ3v) is 4.70. The number of carbonyl (C=O) groups is 1. The number of benzene rings is 1. The maximum absolute atomic E-state index is 12.8. The number of aliphatic hydroxyl groups excluding tert-OH is 1. The van der Waals surface area contributed by atoms with Gasteiger partial charge >= 0.3 is 6.03 Å². The molecule has 2 atom stereocenters. The monoisotopic (exact) mass is 328 g/mol. The zero-order valence-corrected chi connectivity index (χ0v) is 14.4. The molecule has 6 heteroatoms. The molecule has 0 saturated heterocycles. The molecule has 2 N–H and O–H groups in total. The van der Waals surface area contributed by atoms with Gasteiger partial charge in [0, 0.05) is 25.4 Å². The molecule has 1 aromatic heterocycles. The van der Waals surface area contributed by atoms with E-state index >= 15 is 0 Å². The average Bonchev–Trinajstić information content (AvgIpc) is 2.92. The van der Waals surface area contributed by atoms with E-state index < -0.39 is 0 Å². The van der Waals surface area contributed by atoms with Crippen LogP contribution in [0.5, 0.6) is 0 Å². The number of aromatic nitrogens is 2. The maximum Gasteiger partial charge on any atom is 0.318 e. The first-order chi connectivity index (χ1) is 11.5. The molecule has 1 aromatic carbocycles. The van der Waals surface area contributed by atoms with Crippen LogP contribution in [0.15, 0.2) is 30.5 Å². The molecule has 1 aliphatic heterocycles. The topological polar surface area (TPSA) is 70.4 Å². The van der Waals surface area contributed by atoms with Crippen molar-refractivity contribution in [3.8, 4) is 0 Å². The molecule has 1 aliphatic rings. The largest absolute Gasteiger partial charge is 0.394 e. The Balaban J connectivity index is 1.76. The molecule has 0 radical (unpaired) electrons. The van der Waals surface area contributed by atoms with Crippen LogP contribution in [0.25, 0.3) is 0 Å². The van der Waals surface area contributed by atoms with Crippen LogP contribution >= 0.6 is 0 Å². The number of urea groups is 1. The van der Waals surface area contributed by atoms with Crippen molar-refractivity contribution in [3.63, 3.8) is 0 Å². The van der Waals surface area contributed by atoms with Crippen LogP contribution in [-0.4, -0.2) is 39.0 Å². The molecule has 0 unspecified atom stereocenters. The number of fused-ring (bicyclic) bond motifs is 1. The second-order valence-electron chi connectivity index (χ2n) is 6.36. The SMILES string of the molecule is Cc1nn(C)cc1[C@@H](C)NC(=O)N1CCc2ccccc2[C@@H]1CO. The second kappa shape index (κ2) is 6.65. The molecule has 6 nitrogen and oxygen atoms in total. The number of hydrogen-bond donors (Lipinski definition) is 2. The molecule has 0 spiro atoms. The number of aliphatic hydroxyl groups is 1. The van der Waals surface area contributed by atoms with E-state index in [1.165, 1.54) is 5.56 Å². The molecule has 0 saturated carbocycles. The summed E-state index contributed by atoms with van der Waals surface area (Å²) in [5.41, 5.74) is 4.15. The van der Waals surface area contributed by atoms with Gasteiger partial charge in [0.15, 0.2) is 0 Å². The molecular weight excluding hydrogens is 304 g/mol. The molecule has 0 bridgehead atoms. The van der Waals surface area contributed by atoms with Crippen LogP contribution in [0, 0.1) is 6.92 Å². The summed E-state index contributed by atoms with van der Waals surface area (Å²) in [7, 11) is 1.87. The second-order valence-corrected chi connectivity index (χ2v) is 6.36. The lowest BCUT2D eigenvalue weighted by molar-refractivity contribution is 0.125. The van der Waals surface area contributed by atoms with Crippen molar-refractivity contribution in [1.82, 2.24) is 20.0 Å². The Bertz CT molecular complexity index is 740. The minimum absolute atomic E-state index is 0.0786. The highest BCUT2D eigenvalue weighted by Gasteiger charge is 2.31. The lowest BCUT2D eigenvalue weighted by Gasteiger charge is -2.37. The smallest absolute Gasteiger partial charge is 0.318 e. The van der Waals surface area contributed by atoms with Gasteiger partial charge in [0.25, 0.3) is 0 Å². The number of amides is 2. The quantitative estimate of drug-likeness (QED) is 0.906. The Labute approximate surface area is 142 Å². The molecule has 2 amide bonds. The Hall–Kier alpha value is -2.34. The number of aryl methyl sites for hydroxylation is 2. The average molecular weight is 328 g/mol. The summed E-state index contributed by atoms with van der Waals surface area (Å²) >= 11 is 0. The van der Waals surface area contributed by atoms with E-state index in [1.54, 1.807) is 9.58 Å². The number of hydrogen-bond acceptors (Lipinski definition) is 3. The highest BCUT2D eigenvalue weighted by atomic mass is 16.3. The highest BCUT2D eigenvalue weighted by Crippen LogP contribution is 2.29. The van der Waals surface area contributed by atoms with Gasteiger partial charge in [-0.2, -0.15) is 5.10 Å². The van der Waals surface area contributed by atoms with Gasteiger partial charge in [0.05, 0.1) is 24.4 Å². The summed E-state index contributed by atoms with van der Waals surface area (Å²) in [6, 6.07) is 7.42. The van der Waals surface area contributed by atoms with Crippen LogP contribution in [-0.2, 0) is 13.5 Å². The lowest BCUT2D eigenvalue weighted by Crippen LogP contribution is -2.47. The van der Waals surface area contributed by atoms with Gasteiger partial charge in [-0.15, -0.1) is 0 Å². The lowest BCUT2D eigenvalue weighted by atomic mass is 9.93. The van der Waals surface area contributed by atoms with Crippen LogP contribution < -0.4 is 5.32 Å². The molecular formula is C18H24N4O2. The van der Waals surface area contributed by atoms with Gasteiger partial charge < -0.3 is 15.3 Å². The third kappa shape index (κ3) is 3.01. The van der Waals surface area contributed by atoms with Gasteiger partial charge in [-0.05, 0) is 31.4 Å². The third-order valence-electron chi connectivity index (χ3n) is 4.70. The predicted octanol–water partition coefficient (Wildman–Crippen LogP) is 2.09. The highest BCUT2D eigenvalue weighted by molar-refractivity contribution is 5.76. The molecule has 2 heterocycles. The van der Waals surface area contributed by atoms with Crippen molar-refractivity contribution in [2.24, 2.45) is 7.05 Å². The van der Waals surface area contributed by atoms with Crippen molar-refractivity contribution in [2.45, 2.75) is 32.4 Å². The van der Waals surface area contributed by atoms with E-state index in [0.717, 1.165) is 23.2 Å².